The summed E-state index contributed by atoms with van der Waals surface area (Å²) in [5.74, 6) is -6.38. The van der Waals surface area contributed by atoms with E-state index in [1.807, 2.05) is 0 Å². The van der Waals surface area contributed by atoms with Gasteiger partial charge in [-0.1, -0.05) is 20.8 Å². The summed E-state index contributed by atoms with van der Waals surface area (Å²) in [6.45, 7) is 5.93. The summed E-state index contributed by atoms with van der Waals surface area (Å²) >= 11 is 0. The van der Waals surface area contributed by atoms with Gasteiger partial charge in [0, 0.05) is 19.0 Å². The molecule has 2 fully saturated rings. The maximum atomic E-state index is 13.5. The van der Waals surface area contributed by atoms with Crippen LogP contribution in [0.25, 0.3) is 0 Å². The molecular formula is C23H36F2N4O6. The number of amides is 4. The number of Topliss-reactive ketones (excluding diaryl/α,β-unsaturated/α-hetero) is 1. The molecule has 3 atom stereocenters. The number of hydrogen-bond acceptors (Lipinski definition) is 5. The van der Waals surface area contributed by atoms with Crippen LogP contribution in [0.4, 0.5) is 13.6 Å². The van der Waals surface area contributed by atoms with E-state index in [1.165, 1.54) is 4.90 Å². The van der Waals surface area contributed by atoms with Gasteiger partial charge in [0.05, 0.1) is 6.04 Å². The molecule has 4 amide bonds. The van der Waals surface area contributed by atoms with Gasteiger partial charge in [-0.2, -0.15) is 0 Å². The number of rotatable bonds is 10. The van der Waals surface area contributed by atoms with E-state index in [0.29, 0.717) is 19.8 Å². The van der Waals surface area contributed by atoms with E-state index < -0.39 is 71.9 Å². The Morgan fingerprint density at radius 1 is 1.00 bits per heavy atom. The molecule has 1 aliphatic heterocycles. The Hall–Kier alpha value is -2.79. The van der Waals surface area contributed by atoms with Crippen LogP contribution in [-0.2, 0) is 19.2 Å². The molecule has 0 bridgehead atoms. The first-order valence-corrected chi connectivity index (χ1v) is 11.9. The van der Waals surface area contributed by atoms with Gasteiger partial charge in [-0.15, -0.1) is 0 Å². The minimum Gasteiger partial charge on any atom is -0.465 e. The standard InChI is InChI=1S/C23H36F2N4O6/c1-22(2,3)17(28-21(34)35)20(33)29-12-6-5-7-15(29)18(31)27-14(10-11-23(4,24)25)16(30)19(32)26-13-8-9-13/h13-15,17,28H,5-12H2,1-4H3,(H,26,32)(H,27,31)(H,34,35)/t14?,15-,17?/m0/s1. The third kappa shape index (κ3) is 8.74. The summed E-state index contributed by atoms with van der Waals surface area (Å²) in [6, 6.07) is -3.76. The number of carboxylic acid groups (broad SMARTS) is 1. The van der Waals surface area contributed by atoms with Crippen LogP contribution in [0.3, 0.4) is 0 Å². The Labute approximate surface area is 203 Å². The second-order valence-electron chi connectivity index (χ2n) is 10.6. The maximum absolute atomic E-state index is 13.5. The molecule has 0 spiro atoms. The highest BCUT2D eigenvalue weighted by atomic mass is 19.3. The van der Waals surface area contributed by atoms with Gasteiger partial charge < -0.3 is 26.0 Å². The number of halogens is 2. The summed E-state index contributed by atoms with van der Waals surface area (Å²) in [4.78, 5) is 64.0. The summed E-state index contributed by atoms with van der Waals surface area (Å²) in [5.41, 5.74) is -0.792. The number of carbonyl (C=O) groups is 5. The number of piperidine rings is 1. The van der Waals surface area contributed by atoms with E-state index in [4.69, 9.17) is 0 Å². The topological polar surface area (TPSA) is 145 Å². The Bertz CT molecular complexity index is 835. The molecule has 2 aliphatic rings. The minimum atomic E-state index is -3.11. The highest BCUT2D eigenvalue weighted by Crippen LogP contribution is 2.26. The number of carbonyl (C=O) groups excluding carboxylic acids is 4. The van der Waals surface area contributed by atoms with Crippen molar-refractivity contribution in [2.75, 3.05) is 6.54 Å². The summed E-state index contributed by atoms with van der Waals surface area (Å²) < 4.78 is 27.0. The Balaban J connectivity index is 2.21. The molecular weight excluding hydrogens is 466 g/mol. The first kappa shape index (κ1) is 28.4. The Morgan fingerprint density at radius 2 is 1.63 bits per heavy atom. The molecule has 0 aromatic rings. The summed E-state index contributed by atoms with van der Waals surface area (Å²) in [5, 5.41) is 16.3. The van der Waals surface area contributed by atoms with Crippen molar-refractivity contribution in [3.8, 4) is 0 Å². The lowest BCUT2D eigenvalue weighted by Gasteiger charge is -2.40. The molecule has 1 saturated carbocycles. The second kappa shape index (κ2) is 11.3. The third-order valence-corrected chi connectivity index (χ3v) is 6.11. The van der Waals surface area contributed by atoms with Crippen LogP contribution >= 0.6 is 0 Å². The normalized spacial score (nSPS) is 20.4. The van der Waals surface area contributed by atoms with Crippen LogP contribution in [0.2, 0.25) is 0 Å². The van der Waals surface area contributed by atoms with Crippen LogP contribution in [0.5, 0.6) is 0 Å². The van der Waals surface area contributed by atoms with Crippen LogP contribution in [0.1, 0.15) is 72.6 Å². The smallest absolute Gasteiger partial charge is 0.405 e. The predicted molar refractivity (Wildman–Crippen MR) is 122 cm³/mol. The first-order valence-electron chi connectivity index (χ1n) is 11.9. The van der Waals surface area contributed by atoms with E-state index in [-0.39, 0.29) is 19.0 Å². The fourth-order valence-electron chi connectivity index (χ4n) is 3.98. The van der Waals surface area contributed by atoms with E-state index in [2.05, 4.69) is 16.0 Å². The van der Waals surface area contributed by atoms with Gasteiger partial charge in [-0.3, -0.25) is 19.2 Å². The molecule has 2 unspecified atom stereocenters. The van der Waals surface area contributed by atoms with Gasteiger partial charge in [0.15, 0.2) is 0 Å². The van der Waals surface area contributed by atoms with Crippen LogP contribution in [0, 0.1) is 5.41 Å². The van der Waals surface area contributed by atoms with Crippen molar-refractivity contribution in [2.45, 2.75) is 103 Å². The highest BCUT2D eigenvalue weighted by Gasteiger charge is 2.42. The van der Waals surface area contributed by atoms with Crippen LogP contribution in [-0.4, -0.2) is 76.2 Å². The molecule has 10 nitrogen and oxygen atoms in total. The fraction of sp³-hybridized carbons (Fsp3) is 0.783. The van der Waals surface area contributed by atoms with Crippen molar-refractivity contribution in [3.05, 3.63) is 0 Å². The average Bonchev–Trinajstić information content (AvgIpc) is 3.56. The third-order valence-electron chi connectivity index (χ3n) is 6.11. The summed E-state index contributed by atoms with van der Waals surface area (Å²) in [6.07, 6.45) is 0.337. The molecule has 0 aromatic heterocycles. The zero-order valence-corrected chi connectivity index (χ0v) is 20.7. The quantitative estimate of drug-likeness (QED) is 0.335. The lowest BCUT2D eigenvalue weighted by Crippen LogP contribution is -2.61. The molecule has 2 rings (SSSR count). The van der Waals surface area contributed by atoms with Crippen molar-refractivity contribution in [1.29, 1.82) is 0 Å². The Kier molecular flexibility index (Phi) is 9.18. The number of alkyl halides is 2. The van der Waals surface area contributed by atoms with E-state index >= 15 is 0 Å². The van der Waals surface area contributed by atoms with E-state index in [1.54, 1.807) is 20.8 Å². The number of nitrogens with one attached hydrogen (secondary N) is 3. The number of nitrogens with zero attached hydrogens (tertiary/aromatic N) is 1. The zero-order valence-electron chi connectivity index (χ0n) is 20.7. The second-order valence-corrected chi connectivity index (χ2v) is 10.6. The van der Waals surface area contributed by atoms with Crippen molar-refractivity contribution < 1.29 is 37.9 Å². The maximum Gasteiger partial charge on any atom is 0.405 e. The number of ketones is 1. The monoisotopic (exact) mass is 502 g/mol. The molecule has 0 radical (unpaired) electrons. The van der Waals surface area contributed by atoms with Crippen molar-refractivity contribution in [2.24, 2.45) is 5.41 Å². The summed E-state index contributed by atoms with van der Waals surface area (Å²) in [7, 11) is 0. The molecule has 4 N–H and O–H groups in total. The average molecular weight is 503 g/mol. The Morgan fingerprint density at radius 3 is 2.14 bits per heavy atom. The number of hydrogen-bond donors (Lipinski definition) is 4. The van der Waals surface area contributed by atoms with Gasteiger partial charge in [0.25, 0.3) is 5.91 Å². The van der Waals surface area contributed by atoms with Gasteiger partial charge in [-0.05, 0) is 50.9 Å². The predicted octanol–water partition coefficient (Wildman–Crippen LogP) is 1.82. The van der Waals surface area contributed by atoms with Crippen molar-refractivity contribution >= 4 is 29.6 Å². The minimum absolute atomic E-state index is 0.127. The van der Waals surface area contributed by atoms with Crippen molar-refractivity contribution in [3.63, 3.8) is 0 Å². The zero-order chi connectivity index (χ0) is 26.6. The molecule has 1 saturated heterocycles. The first-order chi connectivity index (χ1) is 16.1. The highest BCUT2D eigenvalue weighted by molar-refractivity contribution is 6.38. The molecule has 0 aromatic carbocycles. The van der Waals surface area contributed by atoms with Crippen molar-refractivity contribution in [1.82, 2.24) is 20.9 Å². The molecule has 35 heavy (non-hydrogen) atoms. The van der Waals surface area contributed by atoms with Gasteiger partial charge in [0.2, 0.25) is 23.5 Å². The van der Waals surface area contributed by atoms with Gasteiger partial charge >= 0.3 is 6.09 Å². The van der Waals surface area contributed by atoms with Crippen LogP contribution in [0.15, 0.2) is 0 Å². The molecule has 1 aliphatic carbocycles. The molecule has 1 heterocycles. The largest absolute Gasteiger partial charge is 0.465 e. The fourth-order valence-corrected chi connectivity index (χ4v) is 3.98. The van der Waals surface area contributed by atoms with E-state index in [0.717, 1.165) is 12.8 Å². The SMILES string of the molecule is CC(F)(F)CCC(NC(=O)[C@@H]1CCCCN1C(=O)C(NC(=O)O)C(C)(C)C)C(=O)C(=O)NC1CC1. The number of likely N-dealkylation sites (tertiary alicyclic amines) is 1. The molecule has 12 heteroatoms. The van der Waals surface area contributed by atoms with E-state index in [9.17, 15) is 37.9 Å². The molecule has 198 valence electrons. The van der Waals surface area contributed by atoms with Gasteiger partial charge in [0.1, 0.15) is 12.1 Å². The lowest BCUT2D eigenvalue weighted by molar-refractivity contribution is -0.147. The van der Waals surface area contributed by atoms with Gasteiger partial charge in [-0.25, -0.2) is 13.6 Å². The van der Waals surface area contributed by atoms with Crippen LogP contribution < -0.4 is 16.0 Å². The lowest BCUT2D eigenvalue weighted by atomic mass is 9.85.